The summed E-state index contributed by atoms with van der Waals surface area (Å²) in [6, 6.07) is 12.5. The number of aromatic nitrogens is 1. The molecule has 1 amide bonds. The molecule has 2 aromatic rings. The van der Waals surface area contributed by atoms with Crippen LogP contribution >= 0.6 is 0 Å². The molecule has 0 atom stereocenters. The van der Waals surface area contributed by atoms with Crippen molar-refractivity contribution < 1.29 is 4.79 Å². The van der Waals surface area contributed by atoms with Gasteiger partial charge in [0.05, 0.1) is 0 Å². The van der Waals surface area contributed by atoms with Crippen molar-refractivity contribution >= 4 is 17.3 Å². The molecule has 0 saturated carbocycles. The van der Waals surface area contributed by atoms with Crippen LogP contribution in [0.2, 0.25) is 0 Å². The Morgan fingerprint density at radius 3 is 2.56 bits per heavy atom. The third-order valence-electron chi connectivity index (χ3n) is 5.28. The zero-order valence-electron chi connectivity index (χ0n) is 14.7. The third kappa shape index (κ3) is 3.39. The minimum Gasteiger partial charge on any atom is -0.341 e. The molecule has 130 valence electrons. The average Bonchev–Trinajstić information content (AvgIpc) is 2.96. The van der Waals surface area contributed by atoms with E-state index < -0.39 is 0 Å². The maximum atomic E-state index is 12.9. The van der Waals surface area contributed by atoms with Crippen LogP contribution in [-0.4, -0.2) is 35.4 Å². The van der Waals surface area contributed by atoms with Crippen LogP contribution in [0.4, 0.5) is 11.4 Å². The maximum absolute atomic E-state index is 12.9. The quantitative estimate of drug-likeness (QED) is 0.826. The first-order valence-corrected chi connectivity index (χ1v) is 9.44. The first-order valence-electron chi connectivity index (χ1n) is 9.44. The Hall–Kier alpha value is -2.36. The number of hydrogen-bond donors (Lipinski definition) is 0. The van der Waals surface area contributed by atoms with Gasteiger partial charge in [0, 0.05) is 37.2 Å². The molecule has 1 aromatic heterocycles. The maximum Gasteiger partial charge on any atom is 0.272 e. The fourth-order valence-electron chi connectivity index (χ4n) is 3.94. The first-order chi connectivity index (χ1) is 12.3. The van der Waals surface area contributed by atoms with E-state index in [1.165, 1.54) is 24.1 Å². The summed E-state index contributed by atoms with van der Waals surface area (Å²) in [6.07, 6.45) is 8.68. The van der Waals surface area contributed by atoms with E-state index in [4.69, 9.17) is 0 Å². The van der Waals surface area contributed by atoms with Crippen LogP contribution in [0.3, 0.4) is 0 Å². The number of anilines is 2. The summed E-state index contributed by atoms with van der Waals surface area (Å²) in [7, 11) is 0. The predicted molar refractivity (Wildman–Crippen MR) is 100 cm³/mol. The lowest BCUT2D eigenvalue weighted by Gasteiger charge is -2.31. The van der Waals surface area contributed by atoms with Crippen molar-refractivity contribution in [3.63, 3.8) is 0 Å². The van der Waals surface area contributed by atoms with Crippen LogP contribution in [0.15, 0.2) is 42.6 Å². The summed E-state index contributed by atoms with van der Waals surface area (Å²) in [6.45, 7) is 2.70. The van der Waals surface area contributed by atoms with Gasteiger partial charge in [-0.2, -0.15) is 0 Å². The van der Waals surface area contributed by atoms with Gasteiger partial charge in [-0.25, -0.2) is 0 Å². The van der Waals surface area contributed by atoms with E-state index in [1.54, 1.807) is 6.20 Å². The predicted octanol–water partition coefficient (Wildman–Crippen LogP) is 4.18. The van der Waals surface area contributed by atoms with E-state index in [-0.39, 0.29) is 5.91 Å². The van der Waals surface area contributed by atoms with E-state index in [0.29, 0.717) is 5.69 Å². The SMILES string of the molecule is O=C(c1cc(N2CCCc3ccccc32)ccn1)N1CCCCCC1. The number of amides is 1. The molecule has 0 aliphatic carbocycles. The van der Waals surface area contributed by atoms with Crippen molar-refractivity contribution in [2.24, 2.45) is 0 Å². The van der Waals surface area contributed by atoms with E-state index in [0.717, 1.165) is 51.0 Å². The molecule has 0 bridgehead atoms. The summed E-state index contributed by atoms with van der Waals surface area (Å²) >= 11 is 0. The third-order valence-corrected chi connectivity index (χ3v) is 5.28. The Kier molecular flexibility index (Phi) is 4.68. The normalized spacial score (nSPS) is 17.8. The number of rotatable bonds is 2. The van der Waals surface area contributed by atoms with Crippen LogP contribution < -0.4 is 4.90 Å². The van der Waals surface area contributed by atoms with Gasteiger partial charge in [0.15, 0.2) is 0 Å². The van der Waals surface area contributed by atoms with E-state index in [1.807, 2.05) is 17.0 Å². The number of carbonyl (C=O) groups excluding carboxylic acids is 1. The summed E-state index contributed by atoms with van der Waals surface area (Å²) in [4.78, 5) is 21.6. The molecule has 2 aliphatic rings. The number of hydrogen-bond acceptors (Lipinski definition) is 3. The van der Waals surface area contributed by atoms with Gasteiger partial charge in [-0.3, -0.25) is 9.78 Å². The highest BCUT2D eigenvalue weighted by molar-refractivity contribution is 5.93. The van der Waals surface area contributed by atoms with Crippen LogP contribution in [-0.2, 0) is 6.42 Å². The molecule has 4 nitrogen and oxygen atoms in total. The van der Waals surface area contributed by atoms with Gasteiger partial charge in [0.25, 0.3) is 5.91 Å². The van der Waals surface area contributed by atoms with Crippen molar-refractivity contribution in [1.82, 2.24) is 9.88 Å². The van der Waals surface area contributed by atoms with Gasteiger partial charge >= 0.3 is 0 Å². The molecule has 1 saturated heterocycles. The van der Waals surface area contributed by atoms with E-state index in [9.17, 15) is 4.79 Å². The second-order valence-corrected chi connectivity index (χ2v) is 6.99. The number of nitrogens with zero attached hydrogens (tertiary/aromatic N) is 3. The first kappa shape index (κ1) is 16.1. The molecule has 0 radical (unpaired) electrons. The lowest BCUT2D eigenvalue weighted by atomic mass is 10.0. The molecule has 0 spiro atoms. The molecule has 25 heavy (non-hydrogen) atoms. The topological polar surface area (TPSA) is 36.4 Å². The number of likely N-dealkylation sites (tertiary alicyclic amines) is 1. The van der Waals surface area contributed by atoms with Gasteiger partial charge in [0.2, 0.25) is 0 Å². The number of carbonyl (C=O) groups is 1. The largest absolute Gasteiger partial charge is 0.341 e. The highest BCUT2D eigenvalue weighted by Crippen LogP contribution is 2.33. The molecule has 3 heterocycles. The van der Waals surface area contributed by atoms with Crippen LogP contribution in [0.5, 0.6) is 0 Å². The monoisotopic (exact) mass is 335 g/mol. The highest BCUT2D eigenvalue weighted by Gasteiger charge is 2.22. The fourth-order valence-corrected chi connectivity index (χ4v) is 3.94. The van der Waals surface area contributed by atoms with Gasteiger partial charge in [-0.05, 0) is 49.4 Å². The molecule has 0 unspecified atom stereocenters. The number of aryl methyl sites for hydroxylation is 1. The Labute approximate surface area is 149 Å². The Balaban J connectivity index is 1.61. The van der Waals surface area contributed by atoms with Gasteiger partial charge in [-0.1, -0.05) is 31.0 Å². The Morgan fingerprint density at radius 1 is 0.920 bits per heavy atom. The minimum atomic E-state index is 0.0778. The number of benzene rings is 1. The van der Waals surface area contributed by atoms with Crippen molar-refractivity contribution in [2.75, 3.05) is 24.5 Å². The van der Waals surface area contributed by atoms with Crippen molar-refractivity contribution in [2.45, 2.75) is 38.5 Å². The van der Waals surface area contributed by atoms with Crippen LogP contribution in [0.1, 0.15) is 48.2 Å². The summed E-state index contributed by atoms with van der Waals surface area (Å²) in [5, 5.41) is 0. The lowest BCUT2D eigenvalue weighted by Crippen LogP contribution is -2.32. The van der Waals surface area contributed by atoms with Crippen molar-refractivity contribution in [1.29, 1.82) is 0 Å². The van der Waals surface area contributed by atoms with Crippen molar-refractivity contribution in [3.05, 3.63) is 53.9 Å². The molecule has 4 heteroatoms. The molecular weight excluding hydrogens is 310 g/mol. The molecule has 2 aliphatic heterocycles. The zero-order valence-corrected chi connectivity index (χ0v) is 14.7. The number of fused-ring (bicyclic) bond motifs is 1. The van der Waals surface area contributed by atoms with Crippen molar-refractivity contribution in [3.8, 4) is 0 Å². The molecule has 4 rings (SSSR count). The lowest BCUT2D eigenvalue weighted by molar-refractivity contribution is 0.0756. The average molecular weight is 335 g/mol. The standard InChI is InChI=1S/C21H25N3O/c25-21(23-13-5-1-2-6-14-23)19-16-18(11-12-22-19)24-15-7-9-17-8-3-4-10-20(17)24/h3-4,8,10-12,16H,1-2,5-7,9,13-15H2. The van der Waals surface area contributed by atoms with Crippen LogP contribution in [0, 0.1) is 0 Å². The Morgan fingerprint density at radius 2 is 1.72 bits per heavy atom. The van der Waals surface area contributed by atoms with Gasteiger partial charge in [0.1, 0.15) is 5.69 Å². The second kappa shape index (κ2) is 7.26. The summed E-state index contributed by atoms with van der Waals surface area (Å²) < 4.78 is 0. The zero-order chi connectivity index (χ0) is 17.1. The Bertz CT molecular complexity index is 750. The highest BCUT2D eigenvalue weighted by atomic mass is 16.2. The van der Waals surface area contributed by atoms with E-state index in [2.05, 4.69) is 34.1 Å². The summed E-state index contributed by atoms with van der Waals surface area (Å²) in [5.41, 5.74) is 4.28. The fraction of sp³-hybridized carbons (Fsp3) is 0.429. The summed E-state index contributed by atoms with van der Waals surface area (Å²) in [5.74, 6) is 0.0778. The molecule has 1 fully saturated rings. The molecule has 1 aromatic carbocycles. The van der Waals surface area contributed by atoms with Gasteiger partial charge in [-0.15, -0.1) is 0 Å². The minimum absolute atomic E-state index is 0.0778. The molecule has 0 N–H and O–H groups in total. The number of pyridine rings is 1. The van der Waals surface area contributed by atoms with E-state index >= 15 is 0 Å². The number of para-hydroxylation sites is 1. The van der Waals surface area contributed by atoms with Crippen LogP contribution in [0.25, 0.3) is 0 Å². The second-order valence-electron chi connectivity index (χ2n) is 6.99. The molecular formula is C21H25N3O. The smallest absolute Gasteiger partial charge is 0.272 e. The van der Waals surface area contributed by atoms with Gasteiger partial charge < -0.3 is 9.80 Å².